The fraction of sp³-hybridized carbons (Fsp3) is 0.263. The van der Waals surface area contributed by atoms with Crippen molar-refractivity contribution in [3.63, 3.8) is 0 Å². The number of hydrogen-bond acceptors (Lipinski definition) is 5. The van der Waals surface area contributed by atoms with Crippen molar-refractivity contribution in [3.05, 3.63) is 59.2 Å². The minimum atomic E-state index is -0.591. The Kier molecular flexibility index (Phi) is 6.60. The number of aryl methyl sites for hydroxylation is 1. The minimum Gasteiger partial charge on any atom is -0.419 e. The molecule has 2 aromatic rings. The number of carbonyl (C=O) groups excluding carboxylic acids is 2. The van der Waals surface area contributed by atoms with E-state index in [9.17, 15) is 9.59 Å². The smallest absolute Gasteiger partial charge is 0.414 e. The van der Waals surface area contributed by atoms with E-state index in [2.05, 4.69) is 0 Å². The number of carbonyl (C=O) groups is 2. The molecule has 0 fully saturated rings. The maximum absolute atomic E-state index is 12.4. The molecule has 1 amide bonds. The third-order valence-electron chi connectivity index (χ3n) is 3.59. The van der Waals surface area contributed by atoms with E-state index in [0.29, 0.717) is 11.1 Å². The van der Waals surface area contributed by atoms with Crippen LogP contribution >= 0.6 is 11.6 Å². The van der Waals surface area contributed by atoms with Gasteiger partial charge in [0.2, 0.25) is 0 Å². The van der Waals surface area contributed by atoms with E-state index in [4.69, 9.17) is 26.8 Å². The summed E-state index contributed by atoms with van der Waals surface area (Å²) in [5, 5.41) is -0.453. The van der Waals surface area contributed by atoms with Gasteiger partial charge < -0.3 is 20.1 Å². The van der Waals surface area contributed by atoms with Gasteiger partial charge in [0.1, 0.15) is 0 Å². The number of nitrogens with two attached hydrogens (primary N) is 1. The molecule has 0 aliphatic heterocycles. The first-order chi connectivity index (χ1) is 12.3. The maximum atomic E-state index is 12.4. The molecule has 0 heterocycles. The normalized spacial score (nSPS) is 11.6. The van der Waals surface area contributed by atoms with Gasteiger partial charge in [0.25, 0.3) is 0 Å². The highest BCUT2D eigenvalue weighted by Gasteiger charge is 2.18. The number of nitrogens with zero attached hydrogens (tertiary/aromatic N) is 1. The highest BCUT2D eigenvalue weighted by atomic mass is 35.5. The molecular weight excluding hydrogens is 356 g/mol. The molecule has 2 rings (SSSR count). The van der Waals surface area contributed by atoms with Crippen LogP contribution in [0.4, 0.5) is 4.79 Å². The zero-order valence-corrected chi connectivity index (χ0v) is 15.6. The van der Waals surface area contributed by atoms with Crippen molar-refractivity contribution < 1.29 is 19.1 Å². The summed E-state index contributed by atoms with van der Waals surface area (Å²) in [6.45, 7) is 2.13. The first-order valence-corrected chi connectivity index (χ1v) is 8.41. The summed E-state index contributed by atoms with van der Waals surface area (Å²) in [4.78, 5) is 25.5. The van der Waals surface area contributed by atoms with Gasteiger partial charge in [-0.1, -0.05) is 23.8 Å². The van der Waals surface area contributed by atoms with Crippen molar-refractivity contribution in [2.75, 3.05) is 20.6 Å². The Balaban J connectivity index is 2.33. The van der Waals surface area contributed by atoms with E-state index in [0.717, 1.165) is 5.56 Å². The Labute approximate surface area is 157 Å². The zero-order valence-electron chi connectivity index (χ0n) is 14.9. The lowest BCUT2D eigenvalue weighted by Gasteiger charge is -2.16. The Hall–Kier alpha value is -2.57. The predicted molar refractivity (Wildman–Crippen MR) is 99.9 cm³/mol. The van der Waals surface area contributed by atoms with E-state index >= 15 is 0 Å². The van der Waals surface area contributed by atoms with Gasteiger partial charge in [-0.15, -0.1) is 11.6 Å². The molecule has 0 saturated carbocycles. The summed E-state index contributed by atoms with van der Waals surface area (Å²) in [7, 11) is 3.11. The highest BCUT2D eigenvalue weighted by molar-refractivity contribution is 6.21. The lowest BCUT2D eigenvalue weighted by atomic mass is 10.1. The van der Waals surface area contributed by atoms with Gasteiger partial charge in [0.15, 0.2) is 11.5 Å². The third-order valence-corrected chi connectivity index (χ3v) is 4.02. The number of rotatable bonds is 5. The van der Waals surface area contributed by atoms with Gasteiger partial charge in [-0.05, 0) is 36.8 Å². The fourth-order valence-electron chi connectivity index (χ4n) is 2.05. The molecule has 26 heavy (non-hydrogen) atoms. The van der Waals surface area contributed by atoms with Gasteiger partial charge in [-0.2, -0.15) is 0 Å². The van der Waals surface area contributed by atoms with Crippen LogP contribution in [0, 0.1) is 6.92 Å². The maximum Gasteiger partial charge on any atom is 0.414 e. The molecule has 7 heteroatoms. The standard InChI is InChI=1S/C19H21ClN2O4/c1-12-4-6-13(7-5-12)18(23)25-17-10-14(15(20)11-21)8-9-16(17)26-19(24)22(2)3/h4-10,15H,11,21H2,1-3H3. The minimum absolute atomic E-state index is 0.0994. The molecule has 0 aromatic heterocycles. The van der Waals surface area contributed by atoms with Crippen molar-refractivity contribution in [3.8, 4) is 11.5 Å². The quantitative estimate of drug-likeness (QED) is 0.490. The number of amides is 1. The van der Waals surface area contributed by atoms with Crippen LogP contribution in [0.15, 0.2) is 42.5 Å². The van der Waals surface area contributed by atoms with E-state index in [1.54, 1.807) is 38.4 Å². The van der Waals surface area contributed by atoms with Crippen LogP contribution in [-0.2, 0) is 0 Å². The Bertz CT molecular complexity index is 791. The molecule has 6 nitrogen and oxygen atoms in total. The Morgan fingerprint density at radius 1 is 1.08 bits per heavy atom. The molecule has 0 bridgehead atoms. The lowest BCUT2D eigenvalue weighted by Crippen LogP contribution is -2.25. The lowest BCUT2D eigenvalue weighted by molar-refractivity contribution is 0.0728. The second-order valence-corrected chi connectivity index (χ2v) is 6.45. The second kappa shape index (κ2) is 8.69. The topological polar surface area (TPSA) is 81.9 Å². The summed E-state index contributed by atoms with van der Waals surface area (Å²) in [5.41, 5.74) is 7.65. The van der Waals surface area contributed by atoms with Crippen molar-refractivity contribution in [1.29, 1.82) is 0 Å². The second-order valence-electron chi connectivity index (χ2n) is 5.93. The molecule has 2 N–H and O–H groups in total. The Morgan fingerprint density at radius 2 is 1.73 bits per heavy atom. The molecule has 0 aliphatic carbocycles. The fourth-order valence-corrected chi connectivity index (χ4v) is 2.19. The van der Waals surface area contributed by atoms with Gasteiger partial charge in [0.05, 0.1) is 10.9 Å². The summed E-state index contributed by atoms with van der Waals surface area (Å²) in [5.74, 6) is -0.348. The van der Waals surface area contributed by atoms with Crippen LogP contribution in [-0.4, -0.2) is 37.6 Å². The molecule has 0 radical (unpaired) electrons. The summed E-state index contributed by atoms with van der Waals surface area (Å²) in [6.07, 6.45) is -0.591. The number of esters is 1. The highest BCUT2D eigenvalue weighted by Crippen LogP contribution is 2.33. The molecule has 1 unspecified atom stereocenters. The Morgan fingerprint density at radius 3 is 2.31 bits per heavy atom. The molecule has 138 valence electrons. The SMILES string of the molecule is Cc1ccc(C(=O)Oc2cc(C(Cl)CN)ccc2OC(=O)N(C)C)cc1. The van der Waals surface area contributed by atoms with Crippen LogP contribution < -0.4 is 15.2 Å². The number of benzene rings is 2. The molecule has 0 spiro atoms. The first kappa shape index (κ1) is 19.8. The van der Waals surface area contributed by atoms with Crippen molar-refractivity contribution in [1.82, 2.24) is 4.90 Å². The zero-order chi connectivity index (χ0) is 19.3. The molecule has 0 saturated heterocycles. The summed E-state index contributed by atoms with van der Waals surface area (Å²) < 4.78 is 10.7. The molecule has 2 aromatic carbocycles. The molecule has 1 atom stereocenters. The van der Waals surface area contributed by atoms with E-state index in [-0.39, 0.29) is 18.0 Å². The van der Waals surface area contributed by atoms with E-state index in [1.807, 2.05) is 19.1 Å². The van der Waals surface area contributed by atoms with Crippen molar-refractivity contribution in [2.24, 2.45) is 5.73 Å². The van der Waals surface area contributed by atoms with E-state index < -0.39 is 17.4 Å². The molecular formula is C19H21ClN2O4. The average molecular weight is 377 g/mol. The number of ether oxygens (including phenoxy) is 2. The number of hydrogen-bond donors (Lipinski definition) is 1. The van der Waals surface area contributed by atoms with Gasteiger partial charge in [-0.25, -0.2) is 9.59 Å². The monoisotopic (exact) mass is 376 g/mol. The van der Waals surface area contributed by atoms with Crippen LogP contribution in [0.3, 0.4) is 0 Å². The predicted octanol–water partition coefficient (Wildman–Crippen LogP) is 3.51. The van der Waals surface area contributed by atoms with Gasteiger partial charge in [0, 0.05) is 20.6 Å². The van der Waals surface area contributed by atoms with Crippen LogP contribution in [0.2, 0.25) is 0 Å². The first-order valence-electron chi connectivity index (χ1n) is 7.98. The third kappa shape index (κ3) is 4.97. The van der Waals surface area contributed by atoms with Crippen molar-refractivity contribution >= 4 is 23.7 Å². The molecule has 0 aliphatic rings. The van der Waals surface area contributed by atoms with Crippen LogP contribution in [0.1, 0.15) is 26.9 Å². The summed E-state index contributed by atoms with van der Waals surface area (Å²) in [6, 6.07) is 11.7. The number of halogens is 1. The van der Waals surface area contributed by atoms with Gasteiger partial charge >= 0.3 is 12.1 Å². The number of alkyl halides is 1. The van der Waals surface area contributed by atoms with Crippen LogP contribution in [0.25, 0.3) is 0 Å². The summed E-state index contributed by atoms with van der Waals surface area (Å²) >= 11 is 6.16. The van der Waals surface area contributed by atoms with Crippen LogP contribution in [0.5, 0.6) is 11.5 Å². The van der Waals surface area contributed by atoms with Crippen molar-refractivity contribution in [2.45, 2.75) is 12.3 Å². The van der Waals surface area contributed by atoms with E-state index in [1.165, 1.54) is 11.0 Å². The average Bonchev–Trinajstić information content (AvgIpc) is 2.62. The largest absolute Gasteiger partial charge is 0.419 e. The van der Waals surface area contributed by atoms with Gasteiger partial charge in [-0.3, -0.25) is 0 Å².